The van der Waals surface area contributed by atoms with Crippen molar-refractivity contribution in [3.05, 3.63) is 48.0 Å². The van der Waals surface area contributed by atoms with E-state index in [0.717, 1.165) is 17.7 Å². The summed E-state index contributed by atoms with van der Waals surface area (Å²) in [5, 5.41) is 0. The summed E-state index contributed by atoms with van der Waals surface area (Å²) in [6.45, 7) is 0. The molecule has 0 aliphatic carbocycles. The number of hydrogen-bond donors (Lipinski definition) is 1. The van der Waals surface area contributed by atoms with Gasteiger partial charge in [-0.15, -0.1) is 0 Å². The first-order valence-electron chi connectivity index (χ1n) is 4.31. The predicted molar refractivity (Wildman–Crippen MR) is 53.5 cm³/mol. The minimum Gasteiger partial charge on any atom is -0.368 e. The Morgan fingerprint density at radius 2 is 2.14 bits per heavy atom. The van der Waals surface area contributed by atoms with Gasteiger partial charge in [0.15, 0.2) is 0 Å². The van der Waals surface area contributed by atoms with Crippen LogP contribution in [0.4, 0.5) is 5.95 Å². The molecule has 4 nitrogen and oxygen atoms in total. The SMILES string of the molecule is Nc1nccc(Cc2cccnc2)n1. The lowest BCUT2D eigenvalue weighted by molar-refractivity contribution is 1.03. The van der Waals surface area contributed by atoms with Crippen molar-refractivity contribution in [3.8, 4) is 0 Å². The molecule has 4 heteroatoms. The van der Waals surface area contributed by atoms with Gasteiger partial charge in [0.25, 0.3) is 0 Å². The van der Waals surface area contributed by atoms with Crippen molar-refractivity contribution in [3.63, 3.8) is 0 Å². The van der Waals surface area contributed by atoms with Crippen LogP contribution in [0, 0.1) is 0 Å². The van der Waals surface area contributed by atoms with E-state index in [1.54, 1.807) is 12.4 Å². The average Bonchev–Trinajstić information content (AvgIpc) is 2.19. The van der Waals surface area contributed by atoms with Crippen LogP contribution in [0.3, 0.4) is 0 Å². The number of nitrogen functional groups attached to an aromatic ring is 1. The Morgan fingerprint density at radius 1 is 1.21 bits per heavy atom. The second kappa shape index (κ2) is 3.83. The van der Waals surface area contributed by atoms with E-state index < -0.39 is 0 Å². The maximum absolute atomic E-state index is 5.47. The molecule has 0 saturated heterocycles. The molecule has 0 bridgehead atoms. The molecule has 2 heterocycles. The zero-order valence-electron chi connectivity index (χ0n) is 7.59. The molecule has 0 atom stereocenters. The van der Waals surface area contributed by atoms with Crippen LogP contribution in [-0.2, 0) is 6.42 Å². The van der Waals surface area contributed by atoms with E-state index in [9.17, 15) is 0 Å². The minimum absolute atomic E-state index is 0.311. The van der Waals surface area contributed by atoms with Gasteiger partial charge in [0.1, 0.15) is 0 Å². The summed E-state index contributed by atoms with van der Waals surface area (Å²) in [5.74, 6) is 0.311. The first-order valence-corrected chi connectivity index (χ1v) is 4.31. The lowest BCUT2D eigenvalue weighted by Crippen LogP contribution is -1.99. The lowest BCUT2D eigenvalue weighted by atomic mass is 10.1. The fourth-order valence-electron chi connectivity index (χ4n) is 1.22. The zero-order chi connectivity index (χ0) is 9.80. The summed E-state index contributed by atoms with van der Waals surface area (Å²) in [6, 6.07) is 5.76. The Balaban J connectivity index is 2.19. The minimum atomic E-state index is 0.311. The molecule has 14 heavy (non-hydrogen) atoms. The van der Waals surface area contributed by atoms with Crippen LogP contribution in [0.15, 0.2) is 36.8 Å². The van der Waals surface area contributed by atoms with Crippen LogP contribution in [-0.4, -0.2) is 15.0 Å². The second-order valence-corrected chi connectivity index (χ2v) is 2.94. The predicted octanol–water partition coefficient (Wildman–Crippen LogP) is 1.04. The molecule has 0 spiro atoms. The first-order chi connectivity index (χ1) is 6.84. The van der Waals surface area contributed by atoms with Gasteiger partial charge in [-0.05, 0) is 17.7 Å². The van der Waals surface area contributed by atoms with Crippen molar-refractivity contribution in [2.24, 2.45) is 0 Å². The van der Waals surface area contributed by atoms with Crippen LogP contribution < -0.4 is 5.73 Å². The zero-order valence-corrected chi connectivity index (χ0v) is 7.59. The second-order valence-electron chi connectivity index (χ2n) is 2.94. The Bertz CT molecular complexity index is 413. The van der Waals surface area contributed by atoms with Crippen molar-refractivity contribution >= 4 is 5.95 Å². The molecule has 0 aliphatic heterocycles. The molecule has 0 unspecified atom stereocenters. The number of rotatable bonds is 2. The number of anilines is 1. The highest BCUT2D eigenvalue weighted by Gasteiger charge is 1.97. The summed E-state index contributed by atoms with van der Waals surface area (Å²) in [6.07, 6.45) is 5.96. The van der Waals surface area contributed by atoms with E-state index >= 15 is 0 Å². The fraction of sp³-hybridized carbons (Fsp3) is 0.100. The fourth-order valence-corrected chi connectivity index (χ4v) is 1.22. The summed E-state index contributed by atoms with van der Waals surface area (Å²) in [4.78, 5) is 12.0. The summed E-state index contributed by atoms with van der Waals surface area (Å²) in [5.41, 5.74) is 7.50. The van der Waals surface area contributed by atoms with E-state index in [-0.39, 0.29) is 0 Å². The number of aromatic nitrogens is 3. The van der Waals surface area contributed by atoms with Crippen molar-refractivity contribution < 1.29 is 0 Å². The molecule has 0 aliphatic rings. The van der Waals surface area contributed by atoms with E-state index in [1.165, 1.54) is 0 Å². The van der Waals surface area contributed by atoms with Crippen molar-refractivity contribution in [1.82, 2.24) is 15.0 Å². The highest BCUT2D eigenvalue weighted by molar-refractivity contribution is 5.22. The molecular weight excluding hydrogens is 176 g/mol. The molecule has 2 aromatic rings. The Kier molecular flexibility index (Phi) is 2.36. The summed E-state index contributed by atoms with van der Waals surface area (Å²) >= 11 is 0. The maximum atomic E-state index is 5.47. The molecule has 0 amide bonds. The average molecular weight is 186 g/mol. The van der Waals surface area contributed by atoms with Crippen molar-refractivity contribution in [1.29, 1.82) is 0 Å². The molecule has 2 rings (SSSR count). The lowest BCUT2D eigenvalue weighted by Gasteiger charge is -2.00. The van der Waals surface area contributed by atoms with Crippen molar-refractivity contribution in [2.45, 2.75) is 6.42 Å². The van der Waals surface area contributed by atoms with Crippen LogP contribution in [0.1, 0.15) is 11.3 Å². The number of hydrogen-bond acceptors (Lipinski definition) is 4. The standard InChI is InChI=1S/C10H10N4/c11-10-13-5-3-9(14-10)6-8-2-1-4-12-7-8/h1-5,7H,6H2,(H2,11,13,14). The summed E-state index contributed by atoms with van der Waals surface area (Å²) < 4.78 is 0. The smallest absolute Gasteiger partial charge is 0.220 e. The number of pyridine rings is 1. The van der Waals surface area contributed by atoms with Crippen molar-refractivity contribution in [2.75, 3.05) is 5.73 Å². The van der Waals surface area contributed by atoms with Gasteiger partial charge >= 0.3 is 0 Å². The molecule has 70 valence electrons. The van der Waals surface area contributed by atoms with Gasteiger partial charge in [0.2, 0.25) is 5.95 Å². The van der Waals surface area contributed by atoms with Gasteiger partial charge < -0.3 is 5.73 Å². The third-order valence-electron chi connectivity index (χ3n) is 1.84. The van der Waals surface area contributed by atoms with E-state index in [2.05, 4.69) is 15.0 Å². The van der Waals surface area contributed by atoms with Gasteiger partial charge in [-0.25, -0.2) is 9.97 Å². The van der Waals surface area contributed by atoms with E-state index in [1.807, 2.05) is 24.4 Å². The Hall–Kier alpha value is -1.97. The quantitative estimate of drug-likeness (QED) is 0.761. The first kappa shape index (κ1) is 8.62. The maximum Gasteiger partial charge on any atom is 0.220 e. The topological polar surface area (TPSA) is 64.7 Å². The number of nitrogens with two attached hydrogens (primary N) is 1. The van der Waals surface area contributed by atoms with E-state index in [0.29, 0.717) is 5.95 Å². The Labute approximate surface area is 81.9 Å². The molecule has 0 radical (unpaired) electrons. The van der Waals surface area contributed by atoms with Crippen LogP contribution in [0.25, 0.3) is 0 Å². The van der Waals surface area contributed by atoms with E-state index in [4.69, 9.17) is 5.73 Å². The molecule has 0 saturated carbocycles. The molecule has 0 fully saturated rings. The highest BCUT2D eigenvalue weighted by Crippen LogP contribution is 2.05. The van der Waals surface area contributed by atoms with Gasteiger partial charge in [0, 0.05) is 25.0 Å². The number of nitrogens with zero attached hydrogens (tertiary/aromatic N) is 3. The van der Waals surface area contributed by atoms with Crippen LogP contribution >= 0.6 is 0 Å². The highest BCUT2D eigenvalue weighted by atomic mass is 15.0. The third-order valence-corrected chi connectivity index (χ3v) is 1.84. The van der Waals surface area contributed by atoms with Gasteiger partial charge in [-0.1, -0.05) is 6.07 Å². The monoisotopic (exact) mass is 186 g/mol. The Morgan fingerprint density at radius 3 is 2.86 bits per heavy atom. The van der Waals surface area contributed by atoms with Gasteiger partial charge in [-0.3, -0.25) is 4.98 Å². The van der Waals surface area contributed by atoms with Gasteiger partial charge in [-0.2, -0.15) is 0 Å². The van der Waals surface area contributed by atoms with Crippen LogP contribution in [0.5, 0.6) is 0 Å². The largest absolute Gasteiger partial charge is 0.368 e. The molecular formula is C10H10N4. The van der Waals surface area contributed by atoms with Gasteiger partial charge in [0.05, 0.1) is 5.69 Å². The molecule has 2 N–H and O–H groups in total. The normalized spacial score (nSPS) is 10.0. The summed E-state index contributed by atoms with van der Waals surface area (Å²) in [7, 11) is 0. The molecule has 0 aromatic carbocycles. The third kappa shape index (κ3) is 2.04. The van der Waals surface area contributed by atoms with Crippen LogP contribution in [0.2, 0.25) is 0 Å². The molecule has 2 aromatic heterocycles.